The minimum Gasteiger partial charge on any atom is -0.354 e. The van der Waals surface area contributed by atoms with E-state index < -0.39 is 0 Å². The largest absolute Gasteiger partial charge is 0.354 e. The second kappa shape index (κ2) is 5.36. The van der Waals surface area contributed by atoms with Gasteiger partial charge in [-0.1, -0.05) is 60.7 Å². The van der Waals surface area contributed by atoms with Crippen LogP contribution in [0.5, 0.6) is 0 Å². The molecule has 5 aromatic rings. The lowest BCUT2D eigenvalue weighted by atomic mass is 10.0. The molecule has 1 N–H and O–H groups in total. The second-order valence-corrected chi connectivity index (χ2v) is 7.02. The molecular weight excluding hydrogens is 310 g/mol. The van der Waals surface area contributed by atoms with Crippen molar-refractivity contribution in [2.24, 2.45) is 0 Å². The molecule has 0 amide bonds. The van der Waals surface area contributed by atoms with Crippen molar-refractivity contribution in [1.82, 2.24) is 0 Å². The summed E-state index contributed by atoms with van der Waals surface area (Å²) in [4.78, 5) is 0. The maximum absolute atomic E-state index is 3.67. The van der Waals surface area contributed by atoms with E-state index >= 15 is 0 Å². The summed E-state index contributed by atoms with van der Waals surface area (Å²) < 4.78 is 2.66. The highest BCUT2D eigenvalue weighted by Gasteiger charge is 2.13. The van der Waals surface area contributed by atoms with Crippen molar-refractivity contribution in [3.63, 3.8) is 0 Å². The van der Waals surface area contributed by atoms with E-state index in [9.17, 15) is 0 Å². The van der Waals surface area contributed by atoms with E-state index in [0.717, 1.165) is 5.69 Å². The predicted octanol–water partition coefficient (Wildman–Crippen LogP) is 6.95. The van der Waals surface area contributed by atoms with Crippen LogP contribution in [-0.2, 0) is 0 Å². The summed E-state index contributed by atoms with van der Waals surface area (Å²) in [5, 5.41) is 8.85. The Hall–Kier alpha value is -2.84. The van der Waals surface area contributed by atoms with Crippen molar-refractivity contribution in [3.05, 3.63) is 84.9 Å². The average Bonchev–Trinajstić information content (AvgIpc) is 3.00. The first-order valence-electron chi connectivity index (χ1n) is 8.05. The van der Waals surface area contributed by atoms with Crippen LogP contribution in [0.1, 0.15) is 0 Å². The summed E-state index contributed by atoms with van der Waals surface area (Å²) in [6.07, 6.45) is 0. The van der Waals surface area contributed by atoms with Gasteiger partial charge in [0.2, 0.25) is 0 Å². The normalized spacial score (nSPS) is 11.3. The van der Waals surface area contributed by atoms with E-state index in [4.69, 9.17) is 0 Å². The molecule has 0 unspecified atom stereocenters. The zero-order valence-corrected chi connectivity index (χ0v) is 13.8. The van der Waals surface area contributed by atoms with E-state index in [1.807, 2.05) is 17.4 Å². The van der Waals surface area contributed by atoms with Crippen LogP contribution < -0.4 is 5.32 Å². The van der Waals surface area contributed by atoms with Gasteiger partial charge in [0, 0.05) is 31.2 Å². The van der Waals surface area contributed by atoms with Crippen LogP contribution in [0, 0.1) is 0 Å². The molecule has 0 saturated carbocycles. The Labute approximate surface area is 144 Å². The first-order chi connectivity index (χ1) is 11.9. The van der Waals surface area contributed by atoms with Crippen LogP contribution in [-0.4, -0.2) is 0 Å². The molecule has 1 aromatic heterocycles. The molecule has 0 aliphatic carbocycles. The van der Waals surface area contributed by atoms with Gasteiger partial charge in [-0.15, -0.1) is 11.3 Å². The lowest BCUT2D eigenvalue weighted by molar-refractivity contribution is 1.60. The third-order valence-electron chi connectivity index (χ3n) is 4.43. The number of hydrogen-bond acceptors (Lipinski definition) is 2. The molecule has 2 heteroatoms. The molecular formula is C22H15NS. The van der Waals surface area contributed by atoms with E-state index in [-0.39, 0.29) is 0 Å². The van der Waals surface area contributed by atoms with Crippen molar-refractivity contribution < 1.29 is 0 Å². The van der Waals surface area contributed by atoms with E-state index in [1.54, 1.807) is 0 Å². The molecule has 0 aliphatic rings. The number of fused-ring (bicyclic) bond motifs is 4. The molecule has 24 heavy (non-hydrogen) atoms. The van der Waals surface area contributed by atoms with Gasteiger partial charge >= 0.3 is 0 Å². The summed E-state index contributed by atoms with van der Waals surface area (Å²) in [5.74, 6) is 0. The van der Waals surface area contributed by atoms with Gasteiger partial charge in [-0.2, -0.15) is 0 Å². The fourth-order valence-electron chi connectivity index (χ4n) is 3.35. The summed E-state index contributed by atoms with van der Waals surface area (Å²) in [5.41, 5.74) is 2.32. The van der Waals surface area contributed by atoms with Crippen molar-refractivity contribution in [2.75, 3.05) is 5.32 Å². The fourth-order valence-corrected chi connectivity index (χ4v) is 4.51. The monoisotopic (exact) mass is 325 g/mol. The molecule has 0 radical (unpaired) electrons. The quantitative estimate of drug-likeness (QED) is 0.370. The third-order valence-corrected chi connectivity index (χ3v) is 5.55. The van der Waals surface area contributed by atoms with Crippen LogP contribution in [0.15, 0.2) is 84.9 Å². The Morgan fingerprint density at radius 3 is 2.21 bits per heavy atom. The molecule has 0 atom stereocenters. The maximum Gasteiger partial charge on any atom is 0.0558 e. The molecule has 5 rings (SSSR count). The van der Waals surface area contributed by atoms with Gasteiger partial charge in [-0.05, 0) is 29.7 Å². The van der Waals surface area contributed by atoms with Crippen LogP contribution in [0.3, 0.4) is 0 Å². The minimum atomic E-state index is 1.12. The van der Waals surface area contributed by atoms with E-state index in [0.29, 0.717) is 0 Å². The van der Waals surface area contributed by atoms with Crippen molar-refractivity contribution in [1.29, 1.82) is 0 Å². The predicted molar refractivity (Wildman–Crippen MR) is 107 cm³/mol. The number of benzene rings is 4. The maximum atomic E-state index is 3.67. The summed E-state index contributed by atoms with van der Waals surface area (Å²) in [6, 6.07) is 30.0. The van der Waals surface area contributed by atoms with Crippen LogP contribution in [0.4, 0.5) is 11.4 Å². The number of para-hydroxylation sites is 1. The van der Waals surface area contributed by atoms with Gasteiger partial charge < -0.3 is 5.32 Å². The van der Waals surface area contributed by atoms with E-state index in [2.05, 4.69) is 84.2 Å². The molecule has 1 nitrogen and oxygen atoms in total. The number of hydrogen-bond donors (Lipinski definition) is 1. The van der Waals surface area contributed by atoms with Crippen LogP contribution in [0.25, 0.3) is 30.9 Å². The standard InChI is InChI=1S/C22H15NS/c1-2-9-16(10-3-1)23-22-17-11-5-4-8-15(17)14-20-21(22)18-12-6-7-13-19(18)24-20/h1-14,23H. The highest BCUT2D eigenvalue weighted by molar-refractivity contribution is 7.26. The second-order valence-electron chi connectivity index (χ2n) is 5.94. The summed E-state index contributed by atoms with van der Waals surface area (Å²) >= 11 is 1.86. The Bertz CT molecular complexity index is 1170. The first kappa shape index (κ1) is 13.6. The highest BCUT2D eigenvalue weighted by atomic mass is 32.1. The zero-order valence-electron chi connectivity index (χ0n) is 13.0. The van der Waals surface area contributed by atoms with Gasteiger partial charge in [0.25, 0.3) is 0 Å². The zero-order chi connectivity index (χ0) is 15.9. The van der Waals surface area contributed by atoms with Crippen LogP contribution in [0.2, 0.25) is 0 Å². The Morgan fingerprint density at radius 2 is 1.33 bits per heavy atom. The lowest BCUT2D eigenvalue weighted by Crippen LogP contribution is -1.92. The smallest absolute Gasteiger partial charge is 0.0558 e. The Balaban J connectivity index is 1.91. The first-order valence-corrected chi connectivity index (χ1v) is 8.87. The number of thiophene rings is 1. The molecule has 0 spiro atoms. The fraction of sp³-hybridized carbons (Fsp3) is 0. The third kappa shape index (κ3) is 2.08. The molecule has 0 fully saturated rings. The summed E-state index contributed by atoms with van der Waals surface area (Å²) in [7, 11) is 0. The minimum absolute atomic E-state index is 1.12. The van der Waals surface area contributed by atoms with Crippen molar-refractivity contribution in [3.8, 4) is 0 Å². The topological polar surface area (TPSA) is 12.0 Å². The molecule has 0 saturated heterocycles. The Kier molecular flexibility index (Phi) is 3.03. The van der Waals surface area contributed by atoms with Gasteiger partial charge in [-0.25, -0.2) is 0 Å². The van der Waals surface area contributed by atoms with Crippen molar-refractivity contribution in [2.45, 2.75) is 0 Å². The van der Waals surface area contributed by atoms with Gasteiger partial charge in [-0.3, -0.25) is 0 Å². The van der Waals surface area contributed by atoms with Gasteiger partial charge in [0.05, 0.1) is 5.69 Å². The van der Waals surface area contributed by atoms with E-state index in [1.165, 1.54) is 36.6 Å². The summed E-state index contributed by atoms with van der Waals surface area (Å²) in [6.45, 7) is 0. The molecule has 0 bridgehead atoms. The number of rotatable bonds is 2. The average molecular weight is 325 g/mol. The molecule has 1 heterocycles. The SMILES string of the molecule is c1ccc(Nc2c3ccccc3cc3sc4ccccc4c23)cc1. The lowest BCUT2D eigenvalue weighted by Gasteiger charge is -2.12. The number of nitrogens with one attached hydrogen (secondary N) is 1. The molecule has 4 aromatic carbocycles. The molecule has 0 aliphatic heterocycles. The highest BCUT2D eigenvalue weighted by Crippen LogP contribution is 2.43. The molecule has 114 valence electrons. The Morgan fingerprint density at radius 1 is 0.625 bits per heavy atom. The van der Waals surface area contributed by atoms with Gasteiger partial charge in [0.1, 0.15) is 0 Å². The number of anilines is 2. The van der Waals surface area contributed by atoms with Gasteiger partial charge in [0.15, 0.2) is 0 Å². The van der Waals surface area contributed by atoms with Crippen molar-refractivity contribution >= 4 is 53.7 Å². The van der Waals surface area contributed by atoms with Crippen LogP contribution >= 0.6 is 11.3 Å².